The Labute approximate surface area is 56.7 Å². The number of rotatable bonds is 1. The van der Waals surface area contributed by atoms with Crippen molar-refractivity contribution < 1.29 is 7.65 Å². The molecule has 0 saturated heterocycles. The van der Waals surface area contributed by atoms with Gasteiger partial charge >= 0.3 is 0 Å². The summed E-state index contributed by atoms with van der Waals surface area (Å²) in [6.07, 6.45) is 0. The lowest BCUT2D eigenvalue weighted by Crippen LogP contribution is -1.84. The molecule has 0 heterocycles. The Kier molecular flexibility index (Phi) is 4.41. The molecule has 2 nitrogen and oxygen atoms in total. The zero-order valence-corrected chi connectivity index (χ0v) is 6.30. The highest BCUT2D eigenvalue weighted by Gasteiger charge is 1.84. The average Bonchev–Trinajstić information content (AvgIpc) is 1.38. The molecule has 0 fully saturated rings. The van der Waals surface area contributed by atoms with Crippen molar-refractivity contribution in [3.63, 3.8) is 0 Å². The maximum atomic E-state index is 11.0. The van der Waals surface area contributed by atoms with Gasteiger partial charge in [-0.05, 0) is 0 Å². The van der Waals surface area contributed by atoms with Crippen molar-refractivity contribution in [3.05, 3.63) is 0 Å². The van der Waals surface area contributed by atoms with E-state index >= 15 is 0 Å². The van der Waals surface area contributed by atoms with Gasteiger partial charge in [-0.25, -0.2) is 0 Å². The molecule has 0 amide bonds. The fraction of sp³-hybridized carbons (Fsp3) is 0. The standard InChI is InChI=1S/FI2NO/c1-4(2)5-3. The molecule has 0 aromatic carbocycles. The zero-order valence-electron chi connectivity index (χ0n) is 1.99. The van der Waals surface area contributed by atoms with Crippen LogP contribution < -0.4 is 0 Å². The predicted octanol–water partition coefficient (Wildman–Crippen LogP) is 1.80. The van der Waals surface area contributed by atoms with Crippen LogP contribution in [0.4, 0.5) is 4.48 Å². The molecule has 0 N–H and O–H groups in total. The van der Waals surface area contributed by atoms with Crippen LogP contribution in [0.15, 0.2) is 0 Å². The van der Waals surface area contributed by atoms with Crippen LogP contribution in [0.3, 0.4) is 0 Å². The molecule has 0 rings (SSSR count). The molecule has 0 aliphatic rings. The van der Waals surface area contributed by atoms with Crippen LogP contribution in [0.25, 0.3) is 0 Å². The van der Waals surface area contributed by atoms with Gasteiger partial charge in [0, 0.05) is 0 Å². The highest BCUT2D eigenvalue weighted by molar-refractivity contribution is 14.1. The van der Waals surface area contributed by atoms with E-state index in [2.05, 4.69) is 3.17 Å². The van der Waals surface area contributed by atoms with Crippen LogP contribution in [0, 0.1) is 0 Å². The van der Waals surface area contributed by atoms with Crippen LogP contribution in [0.2, 0.25) is 0 Å². The van der Waals surface area contributed by atoms with Gasteiger partial charge in [-0.15, -0.1) is 0 Å². The number of halogens is 3. The highest BCUT2D eigenvalue weighted by Crippen LogP contribution is 2.02. The van der Waals surface area contributed by atoms with Gasteiger partial charge in [-0.1, -0.05) is 4.48 Å². The summed E-state index contributed by atoms with van der Waals surface area (Å²) < 4.78 is 15.0. The molecular formula is FI2NO. The minimum atomic E-state index is 0.0817. The first-order chi connectivity index (χ1) is 2.27. The van der Waals surface area contributed by atoms with Crippen molar-refractivity contribution >= 4 is 45.9 Å². The lowest BCUT2D eigenvalue weighted by Gasteiger charge is -1.87. The largest absolute Gasteiger partial charge is 0.191 e. The smallest absolute Gasteiger partial charge is 0.141 e. The van der Waals surface area contributed by atoms with Crippen LogP contribution in [0.1, 0.15) is 0 Å². The van der Waals surface area contributed by atoms with E-state index in [1.807, 2.05) is 0 Å². The monoisotopic (exact) mass is 303 g/mol. The Balaban J connectivity index is 2.54. The Bertz CT molecular complexity index is 23.6. The molecule has 0 spiro atoms. The summed E-state index contributed by atoms with van der Waals surface area (Å²) in [5, 5.41) is 0. The summed E-state index contributed by atoms with van der Waals surface area (Å²) in [6, 6.07) is 0. The number of hydrogen-bond donors (Lipinski definition) is 0. The van der Waals surface area contributed by atoms with E-state index < -0.39 is 0 Å². The molecule has 0 unspecified atom stereocenters. The molecule has 32 valence electrons. The van der Waals surface area contributed by atoms with Crippen molar-refractivity contribution in [1.29, 1.82) is 0 Å². The fourth-order valence-electron chi connectivity index (χ4n) is 0. The molecule has 0 saturated carbocycles. The van der Waals surface area contributed by atoms with Crippen LogP contribution in [-0.2, 0) is 3.17 Å². The average molecular weight is 303 g/mol. The van der Waals surface area contributed by atoms with E-state index in [1.165, 1.54) is 45.9 Å². The maximum Gasteiger partial charge on any atom is 0.141 e. The quantitative estimate of drug-likeness (QED) is 0.416. The highest BCUT2D eigenvalue weighted by atomic mass is 127. The van der Waals surface area contributed by atoms with Gasteiger partial charge in [0.25, 0.3) is 0 Å². The van der Waals surface area contributed by atoms with Crippen molar-refractivity contribution in [1.82, 2.24) is 3.50 Å². The molecule has 0 aromatic heterocycles. The summed E-state index contributed by atoms with van der Waals surface area (Å²) in [6.45, 7) is 0. The predicted molar refractivity (Wildman–Crippen MR) is 32.1 cm³/mol. The SMILES string of the molecule is FN(I)OI. The van der Waals surface area contributed by atoms with Gasteiger partial charge in [0.15, 0.2) is 0 Å². The third-order valence-corrected chi connectivity index (χ3v) is 1.35. The number of nitrogens with zero attached hydrogens (tertiary/aromatic N) is 1. The molecule has 5 heteroatoms. The first-order valence-electron chi connectivity index (χ1n) is 0.675. The van der Waals surface area contributed by atoms with Crippen LogP contribution >= 0.6 is 45.9 Å². The Morgan fingerprint density at radius 3 is 2.00 bits per heavy atom. The summed E-state index contributed by atoms with van der Waals surface area (Å²) in [7, 11) is 0. The van der Waals surface area contributed by atoms with Crippen molar-refractivity contribution in [2.24, 2.45) is 0 Å². The van der Waals surface area contributed by atoms with Crippen molar-refractivity contribution in [2.75, 3.05) is 0 Å². The van der Waals surface area contributed by atoms with Gasteiger partial charge in [0.05, 0.1) is 26.4 Å². The Hall–Kier alpha value is 1.31. The number of hydrogen-bond acceptors (Lipinski definition) is 2. The Morgan fingerprint density at radius 1 is 1.80 bits per heavy atom. The molecule has 0 aromatic rings. The van der Waals surface area contributed by atoms with Gasteiger partial charge < -0.3 is 0 Å². The minimum absolute atomic E-state index is 0.0817. The lowest BCUT2D eigenvalue weighted by atomic mass is 13.4. The van der Waals surface area contributed by atoms with Crippen LogP contribution in [-0.4, -0.2) is 3.50 Å². The van der Waals surface area contributed by atoms with Crippen molar-refractivity contribution in [2.45, 2.75) is 0 Å². The topological polar surface area (TPSA) is 12.5 Å². The minimum Gasteiger partial charge on any atom is -0.191 e. The molecule has 0 aliphatic carbocycles. The van der Waals surface area contributed by atoms with Crippen molar-refractivity contribution in [3.8, 4) is 0 Å². The summed E-state index contributed by atoms with van der Waals surface area (Å²) >= 11 is 2.76. The zero-order chi connectivity index (χ0) is 4.28. The van der Waals surface area contributed by atoms with Gasteiger partial charge in [0.1, 0.15) is 23.0 Å². The normalized spacial score (nSPS) is 9.60. The first kappa shape index (κ1) is 6.31. The van der Waals surface area contributed by atoms with E-state index in [-0.39, 0.29) is 3.50 Å². The second-order valence-electron chi connectivity index (χ2n) is 0.271. The summed E-state index contributed by atoms with van der Waals surface area (Å²) in [4.78, 5) is 0. The third kappa shape index (κ3) is 5.31. The summed E-state index contributed by atoms with van der Waals surface area (Å²) in [5.41, 5.74) is 0. The molecule has 0 atom stereocenters. The third-order valence-electron chi connectivity index (χ3n) is 0.0522. The van der Waals surface area contributed by atoms with Gasteiger partial charge in [-0.2, -0.15) is 3.17 Å². The second-order valence-corrected chi connectivity index (χ2v) is 1.42. The molecule has 5 heavy (non-hydrogen) atoms. The second kappa shape index (κ2) is 3.50. The molecule has 0 aliphatic heterocycles. The van der Waals surface area contributed by atoms with Gasteiger partial charge in [-0.3, -0.25) is 0 Å². The maximum absolute atomic E-state index is 11.0. The van der Waals surface area contributed by atoms with Crippen LogP contribution in [0.5, 0.6) is 0 Å². The molecule has 0 radical (unpaired) electrons. The van der Waals surface area contributed by atoms with Gasteiger partial charge in [0.2, 0.25) is 0 Å². The molecular weight excluding hydrogens is 303 g/mol. The van der Waals surface area contributed by atoms with E-state index in [0.29, 0.717) is 0 Å². The van der Waals surface area contributed by atoms with E-state index in [1.54, 1.807) is 0 Å². The van der Waals surface area contributed by atoms with E-state index in [9.17, 15) is 4.48 Å². The fourth-order valence-corrected chi connectivity index (χ4v) is 0. The Morgan fingerprint density at radius 2 is 2.00 bits per heavy atom. The summed E-state index contributed by atoms with van der Waals surface area (Å²) in [5.74, 6) is 0. The van der Waals surface area contributed by atoms with E-state index in [4.69, 9.17) is 0 Å². The lowest BCUT2D eigenvalue weighted by molar-refractivity contribution is -0.0438. The van der Waals surface area contributed by atoms with E-state index in [0.717, 1.165) is 0 Å². The molecule has 0 bridgehead atoms. The first-order valence-corrected chi connectivity index (χ1v) is 2.52.